The summed E-state index contributed by atoms with van der Waals surface area (Å²) in [5.41, 5.74) is 1.45. The summed E-state index contributed by atoms with van der Waals surface area (Å²) >= 11 is 29.0. The molecule has 0 spiro atoms. The Bertz CT molecular complexity index is 830. The molecule has 0 radical (unpaired) electrons. The lowest BCUT2D eigenvalue weighted by Gasteiger charge is -2.28. The monoisotopic (exact) mass is 893 g/mol. The van der Waals surface area contributed by atoms with E-state index < -0.39 is 0 Å². The molecule has 0 aliphatic rings. The maximum atomic E-state index is 10.5. The Morgan fingerprint density at radius 1 is 0.857 bits per heavy atom. The van der Waals surface area contributed by atoms with Crippen LogP contribution in [0, 0.1) is 0 Å². The van der Waals surface area contributed by atoms with Crippen molar-refractivity contribution < 1.29 is 9.84 Å². The smallest absolute Gasteiger partial charge is 0.144 e. The van der Waals surface area contributed by atoms with Crippen LogP contribution in [0.5, 0.6) is 11.5 Å². The van der Waals surface area contributed by atoms with Crippen LogP contribution in [0.3, 0.4) is 0 Å². The molecule has 28 heavy (non-hydrogen) atoms. The highest BCUT2D eigenvalue weighted by molar-refractivity contribution is 9.15. The fraction of sp³-hybridized carbons (Fsp3) is 0.333. The number of benzene rings is 2. The van der Waals surface area contributed by atoms with E-state index in [1.165, 1.54) is 0 Å². The molecule has 0 aromatic heterocycles. The number of phenolic OH excluding ortho intramolecular Hbond substituents is 1. The standard InChI is InChI=1S/C18H14Br8O2/c19-6-8(21)5-12(10(22)7-20)28-18-13(9-3-1-2-4-11(9)27)14(23)15(24)16(25)17(18)26/h1-4,8,10,12,27H,5-7H2. The first kappa shape index (κ1) is 26.1. The van der Waals surface area contributed by atoms with Gasteiger partial charge in [0, 0.05) is 35.6 Å². The minimum absolute atomic E-state index is 0.0944. The van der Waals surface area contributed by atoms with Crippen molar-refractivity contribution >= 4 is 127 Å². The van der Waals surface area contributed by atoms with Crippen molar-refractivity contribution in [2.24, 2.45) is 0 Å². The Balaban J connectivity index is 2.66. The predicted molar refractivity (Wildman–Crippen MR) is 146 cm³/mol. The van der Waals surface area contributed by atoms with Crippen LogP contribution in [0.2, 0.25) is 0 Å². The van der Waals surface area contributed by atoms with Crippen molar-refractivity contribution in [2.75, 3.05) is 10.7 Å². The molecule has 0 bridgehead atoms. The SMILES string of the molecule is Oc1ccccc1-c1c(Br)c(Br)c(Br)c(Br)c1OC(CC(Br)CBr)C(Br)CBr. The number of hydrogen-bond donors (Lipinski definition) is 1. The van der Waals surface area contributed by atoms with Gasteiger partial charge in [-0.1, -0.05) is 81.9 Å². The van der Waals surface area contributed by atoms with Gasteiger partial charge in [-0.25, -0.2) is 0 Å². The third kappa shape index (κ3) is 6.23. The van der Waals surface area contributed by atoms with Gasteiger partial charge >= 0.3 is 0 Å². The number of halogens is 8. The molecule has 0 saturated carbocycles. The molecule has 2 aromatic carbocycles. The normalized spacial score (nSPS) is 14.6. The number of para-hydroxylation sites is 1. The van der Waals surface area contributed by atoms with Crippen LogP contribution in [0.1, 0.15) is 6.42 Å². The van der Waals surface area contributed by atoms with Crippen molar-refractivity contribution in [1.29, 1.82) is 0 Å². The van der Waals surface area contributed by atoms with Crippen LogP contribution >= 0.6 is 127 Å². The summed E-state index contributed by atoms with van der Waals surface area (Å²) in [6.07, 6.45) is 0.659. The summed E-state index contributed by atoms with van der Waals surface area (Å²) in [6, 6.07) is 7.21. The second kappa shape index (κ2) is 12.2. The maximum Gasteiger partial charge on any atom is 0.144 e. The molecule has 154 valence electrons. The third-order valence-electron chi connectivity index (χ3n) is 3.87. The van der Waals surface area contributed by atoms with Crippen molar-refractivity contribution in [1.82, 2.24) is 0 Å². The second-order valence-corrected chi connectivity index (χ2v) is 12.7. The molecule has 0 amide bonds. The molecule has 3 unspecified atom stereocenters. The van der Waals surface area contributed by atoms with Crippen molar-refractivity contribution in [3.8, 4) is 22.6 Å². The molecule has 0 aliphatic carbocycles. The molecule has 2 rings (SSSR count). The molecule has 1 N–H and O–H groups in total. The maximum absolute atomic E-state index is 10.5. The first-order valence-corrected chi connectivity index (χ1v) is 15.2. The zero-order valence-corrected chi connectivity index (χ0v) is 26.7. The first-order chi connectivity index (χ1) is 13.2. The number of phenols is 1. The lowest BCUT2D eigenvalue weighted by atomic mass is 10.0. The Morgan fingerprint density at radius 2 is 1.46 bits per heavy atom. The van der Waals surface area contributed by atoms with Crippen LogP contribution in [-0.2, 0) is 0 Å². The van der Waals surface area contributed by atoms with E-state index in [-0.39, 0.29) is 21.5 Å². The molecule has 3 atom stereocenters. The van der Waals surface area contributed by atoms with Crippen molar-refractivity contribution in [3.63, 3.8) is 0 Å². The van der Waals surface area contributed by atoms with E-state index >= 15 is 0 Å². The van der Waals surface area contributed by atoms with Crippen molar-refractivity contribution in [2.45, 2.75) is 22.2 Å². The molecule has 0 heterocycles. The van der Waals surface area contributed by atoms with Crippen molar-refractivity contribution in [3.05, 3.63) is 42.2 Å². The quantitative estimate of drug-likeness (QED) is 0.163. The van der Waals surface area contributed by atoms with E-state index in [9.17, 15) is 5.11 Å². The minimum Gasteiger partial charge on any atom is -0.507 e. The van der Waals surface area contributed by atoms with E-state index in [1.807, 2.05) is 12.1 Å². The van der Waals surface area contributed by atoms with E-state index in [2.05, 4.69) is 127 Å². The number of rotatable bonds is 8. The highest BCUT2D eigenvalue weighted by Crippen LogP contribution is 2.52. The Morgan fingerprint density at radius 3 is 2.04 bits per heavy atom. The van der Waals surface area contributed by atoms with Crippen LogP contribution in [-0.4, -0.2) is 31.5 Å². The highest BCUT2D eigenvalue weighted by atomic mass is 79.9. The molecule has 0 fully saturated rings. The van der Waals surface area contributed by atoms with E-state index in [4.69, 9.17) is 4.74 Å². The third-order valence-corrected chi connectivity index (χ3v) is 13.4. The fourth-order valence-corrected chi connectivity index (χ4v) is 6.25. The Kier molecular flexibility index (Phi) is 11.4. The minimum atomic E-state index is -0.123. The number of alkyl halides is 4. The van der Waals surface area contributed by atoms with E-state index in [0.29, 0.717) is 11.3 Å². The summed E-state index contributed by atoms with van der Waals surface area (Å²) in [5.74, 6) is 0.827. The number of ether oxygens (including phenoxy) is 1. The molecule has 2 nitrogen and oxygen atoms in total. The van der Waals surface area contributed by atoms with Gasteiger partial charge in [-0.2, -0.15) is 0 Å². The highest BCUT2D eigenvalue weighted by Gasteiger charge is 2.29. The van der Waals surface area contributed by atoms with Crippen LogP contribution in [0.4, 0.5) is 0 Å². The van der Waals surface area contributed by atoms with Crippen LogP contribution in [0.15, 0.2) is 42.2 Å². The second-order valence-electron chi connectivity index (χ2n) is 5.79. The van der Waals surface area contributed by atoms with Gasteiger partial charge in [0.1, 0.15) is 17.6 Å². The van der Waals surface area contributed by atoms with Gasteiger partial charge in [-0.3, -0.25) is 0 Å². The first-order valence-electron chi connectivity index (χ1n) is 7.93. The largest absolute Gasteiger partial charge is 0.507 e. The zero-order valence-electron chi connectivity index (χ0n) is 14.0. The fourth-order valence-electron chi connectivity index (χ4n) is 2.48. The topological polar surface area (TPSA) is 29.5 Å². The summed E-state index contributed by atoms with van der Waals surface area (Å²) in [6.45, 7) is 0. The molecular formula is C18H14Br8O2. The van der Waals surface area contributed by atoms with Gasteiger partial charge in [-0.05, 0) is 76.2 Å². The van der Waals surface area contributed by atoms with Crippen LogP contribution < -0.4 is 4.74 Å². The molecule has 10 heteroatoms. The van der Waals surface area contributed by atoms with E-state index in [1.54, 1.807) is 12.1 Å². The van der Waals surface area contributed by atoms with Gasteiger partial charge in [-0.15, -0.1) is 0 Å². The van der Waals surface area contributed by atoms with Gasteiger partial charge in [0.05, 0.1) is 13.8 Å². The zero-order chi connectivity index (χ0) is 21.0. The number of aromatic hydroxyl groups is 1. The summed E-state index contributed by atoms with van der Waals surface area (Å²) in [5, 5.41) is 12.0. The Hall–Kier alpha value is 1.88. The summed E-state index contributed by atoms with van der Waals surface area (Å²) in [7, 11) is 0. The van der Waals surface area contributed by atoms with E-state index in [0.717, 1.165) is 40.5 Å². The van der Waals surface area contributed by atoms with Gasteiger partial charge < -0.3 is 9.84 Å². The molecule has 2 aromatic rings. The van der Waals surface area contributed by atoms with Gasteiger partial charge in [0.15, 0.2) is 0 Å². The molecule has 0 aliphatic heterocycles. The Labute approximate surface area is 232 Å². The summed E-state index contributed by atoms with van der Waals surface area (Å²) in [4.78, 5) is 0.350. The lowest BCUT2D eigenvalue weighted by molar-refractivity contribution is 0.196. The average molecular weight is 902 g/mol. The van der Waals surface area contributed by atoms with Gasteiger partial charge in [0.2, 0.25) is 0 Å². The van der Waals surface area contributed by atoms with Crippen LogP contribution in [0.25, 0.3) is 11.1 Å². The lowest BCUT2D eigenvalue weighted by Crippen LogP contribution is -2.32. The summed E-state index contributed by atoms with van der Waals surface area (Å²) < 4.78 is 9.78. The number of hydrogen-bond acceptors (Lipinski definition) is 2. The average Bonchev–Trinajstić information content (AvgIpc) is 2.70. The molecule has 0 saturated heterocycles. The molecular weight excluding hydrogens is 887 g/mol. The van der Waals surface area contributed by atoms with Gasteiger partial charge in [0.25, 0.3) is 0 Å². The predicted octanol–water partition coefficient (Wildman–Crippen LogP) is 9.56.